The predicted octanol–water partition coefficient (Wildman–Crippen LogP) is 3.90. The number of fused-ring (bicyclic) bond motifs is 1. The minimum Gasteiger partial charge on any atom is -0.467 e. The molecule has 0 saturated carbocycles. The Kier molecular flexibility index (Phi) is 6.13. The monoisotopic (exact) mass is 439 g/mol. The highest BCUT2D eigenvalue weighted by molar-refractivity contribution is 7.99. The number of nitrogens with zero attached hydrogens (tertiary/aromatic N) is 4. The molecule has 4 rings (SSSR count). The number of hydrogen-bond acceptors (Lipinski definition) is 6. The summed E-state index contributed by atoms with van der Waals surface area (Å²) in [6.07, 6.45) is 1.88. The van der Waals surface area contributed by atoms with Crippen molar-refractivity contribution >= 4 is 35.0 Å². The standard InChI is InChI=1S/C22H25N5O3S/c1-14(2)21-24-25-22(26(21)12-16-7-6-10-30-16)31-13-20(29)27-15(3)11-19(28)23-17-8-4-5-9-18(17)27/h4-10,14-15H,11-13H2,1-3H3,(H,23,28). The number of furan rings is 1. The van der Waals surface area contributed by atoms with Crippen molar-refractivity contribution in [1.29, 1.82) is 0 Å². The van der Waals surface area contributed by atoms with Crippen molar-refractivity contribution in [1.82, 2.24) is 14.8 Å². The lowest BCUT2D eigenvalue weighted by molar-refractivity contribution is -0.117. The number of aromatic nitrogens is 3. The van der Waals surface area contributed by atoms with Gasteiger partial charge >= 0.3 is 0 Å². The number of carbonyl (C=O) groups excluding carboxylic acids is 2. The Morgan fingerprint density at radius 1 is 1.26 bits per heavy atom. The van der Waals surface area contributed by atoms with Gasteiger partial charge in [0, 0.05) is 18.4 Å². The summed E-state index contributed by atoms with van der Waals surface area (Å²) in [5.74, 6) is 1.83. The molecule has 2 aromatic heterocycles. The molecule has 0 spiro atoms. The van der Waals surface area contributed by atoms with E-state index < -0.39 is 0 Å². The van der Waals surface area contributed by atoms with Crippen LogP contribution in [0.15, 0.2) is 52.2 Å². The molecule has 0 bridgehead atoms. The van der Waals surface area contributed by atoms with E-state index in [0.717, 1.165) is 11.6 Å². The first-order valence-electron chi connectivity index (χ1n) is 10.2. The quantitative estimate of drug-likeness (QED) is 0.586. The second-order valence-electron chi connectivity index (χ2n) is 7.83. The fourth-order valence-corrected chi connectivity index (χ4v) is 4.51. The van der Waals surface area contributed by atoms with Crippen molar-refractivity contribution in [3.63, 3.8) is 0 Å². The minimum absolute atomic E-state index is 0.0832. The average Bonchev–Trinajstić information content (AvgIpc) is 3.35. The molecule has 3 aromatic rings. The first-order chi connectivity index (χ1) is 14.9. The molecule has 0 saturated heterocycles. The Morgan fingerprint density at radius 2 is 2.06 bits per heavy atom. The highest BCUT2D eigenvalue weighted by Crippen LogP contribution is 2.32. The van der Waals surface area contributed by atoms with Gasteiger partial charge in [-0.05, 0) is 31.2 Å². The van der Waals surface area contributed by atoms with Gasteiger partial charge in [-0.3, -0.25) is 14.2 Å². The van der Waals surface area contributed by atoms with E-state index in [1.165, 1.54) is 11.8 Å². The molecule has 1 aliphatic rings. The number of para-hydroxylation sites is 2. The third kappa shape index (κ3) is 4.51. The molecule has 31 heavy (non-hydrogen) atoms. The van der Waals surface area contributed by atoms with Crippen LogP contribution in [-0.2, 0) is 16.1 Å². The normalized spacial score (nSPS) is 16.2. The van der Waals surface area contributed by atoms with Crippen LogP contribution < -0.4 is 10.2 Å². The SMILES string of the molecule is CC(C)c1nnc(SCC(=O)N2c3ccccc3NC(=O)CC2C)n1Cc1ccco1. The summed E-state index contributed by atoms with van der Waals surface area (Å²) in [4.78, 5) is 27.1. The van der Waals surface area contributed by atoms with E-state index >= 15 is 0 Å². The number of amides is 2. The van der Waals surface area contributed by atoms with Crippen molar-refractivity contribution in [2.75, 3.05) is 16.0 Å². The van der Waals surface area contributed by atoms with Crippen LogP contribution in [0.2, 0.25) is 0 Å². The van der Waals surface area contributed by atoms with Crippen molar-refractivity contribution in [3.05, 3.63) is 54.2 Å². The molecule has 2 amide bonds. The fourth-order valence-electron chi connectivity index (χ4n) is 3.70. The Bertz CT molecular complexity index is 1080. The average molecular weight is 440 g/mol. The number of anilines is 2. The van der Waals surface area contributed by atoms with Crippen LogP contribution in [0.4, 0.5) is 11.4 Å². The van der Waals surface area contributed by atoms with Crippen molar-refractivity contribution in [3.8, 4) is 0 Å². The minimum atomic E-state index is -0.246. The van der Waals surface area contributed by atoms with Crippen molar-refractivity contribution < 1.29 is 14.0 Å². The van der Waals surface area contributed by atoms with Gasteiger partial charge in [-0.25, -0.2) is 0 Å². The first-order valence-corrected chi connectivity index (χ1v) is 11.2. The number of thioether (sulfide) groups is 1. The van der Waals surface area contributed by atoms with Gasteiger partial charge in [-0.1, -0.05) is 37.7 Å². The lowest BCUT2D eigenvalue weighted by atomic mass is 10.2. The topological polar surface area (TPSA) is 93.3 Å². The van der Waals surface area contributed by atoms with Gasteiger partial charge < -0.3 is 14.6 Å². The van der Waals surface area contributed by atoms with Gasteiger partial charge in [-0.15, -0.1) is 10.2 Å². The van der Waals surface area contributed by atoms with Gasteiger partial charge in [0.2, 0.25) is 11.8 Å². The molecule has 9 heteroatoms. The van der Waals surface area contributed by atoms with Gasteiger partial charge in [0.25, 0.3) is 0 Å². The van der Waals surface area contributed by atoms with Crippen LogP contribution in [0.25, 0.3) is 0 Å². The summed E-state index contributed by atoms with van der Waals surface area (Å²) in [6, 6.07) is 10.9. The van der Waals surface area contributed by atoms with Crippen LogP contribution in [0.1, 0.15) is 44.7 Å². The maximum atomic E-state index is 13.3. The van der Waals surface area contributed by atoms with Crippen LogP contribution in [0, 0.1) is 0 Å². The summed E-state index contributed by atoms with van der Waals surface area (Å²) in [5.41, 5.74) is 1.37. The highest BCUT2D eigenvalue weighted by atomic mass is 32.2. The maximum Gasteiger partial charge on any atom is 0.237 e. The summed E-state index contributed by atoms with van der Waals surface area (Å²) in [7, 11) is 0. The van der Waals surface area contributed by atoms with E-state index in [4.69, 9.17) is 4.42 Å². The Balaban J connectivity index is 1.56. The van der Waals surface area contributed by atoms with Gasteiger partial charge in [0.15, 0.2) is 5.16 Å². The molecule has 0 radical (unpaired) electrons. The fraction of sp³-hybridized carbons (Fsp3) is 0.364. The lowest BCUT2D eigenvalue weighted by Gasteiger charge is -2.27. The number of nitrogens with one attached hydrogen (secondary N) is 1. The van der Waals surface area contributed by atoms with Crippen LogP contribution in [-0.4, -0.2) is 38.4 Å². The molecule has 1 atom stereocenters. The maximum absolute atomic E-state index is 13.3. The zero-order valence-electron chi connectivity index (χ0n) is 17.7. The first kappa shape index (κ1) is 21.2. The Hall–Kier alpha value is -3.07. The molecule has 0 fully saturated rings. The molecule has 1 aliphatic heterocycles. The lowest BCUT2D eigenvalue weighted by Crippen LogP contribution is -2.40. The van der Waals surface area contributed by atoms with E-state index in [9.17, 15) is 9.59 Å². The van der Waals surface area contributed by atoms with E-state index in [1.807, 2.05) is 47.9 Å². The van der Waals surface area contributed by atoms with Crippen LogP contribution in [0.3, 0.4) is 0 Å². The van der Waals surface area contributed by atoms with E-state index in [-0.39, 0.29) is 35.9 Å². The largest absolute Gasteiger partial charge is 0.467 e. The van der Waals surface area contributed by atoms with Gasteiger partial charge in [-0.2, -0.15) is 0 Å². The second kappa shape index (κ2) is 8.97. The summed E-state index contributed by atoms with van der Waals surface area (Å²) in [5, 5.41) is 12.2. The number of rotatable bonds is 6. The van der Waals surface area contributed by atoms with Crippen LogP contribution in [0.5, 0.6) is 0 Å². The van der Waals surface area contributed by atoms with E-state index in [0.29, 0.717) is 23.1 Å². The van der Waals surface area contributed by atoms with Crippen molar-refractivity contribution in [2.24, 2.45) is 0 Å². The second-order valence-corrected chi connectivity index (χ2v) is 8.77. The van der Waals surface area contributed by atoms with Gasteiger partial charge in [0.05, 0.1) is 29.9 Å². The molecule has 3 heterocycles. The molecule has 0 aliphatic carbocycles. The van der Waals surface area contributed by atoms with Crippen molar-refractivity contribution in [2.45, 2.75) is 50.9 Å². The summed E-state index contributed by atoms with van der Waals surface area (Å²) in [6.45, 7) is 6.51. The molecule has 1 aromatic carbocycles. The van der Waals surface area contributed by atoms with E-state index in [1.54, 1.807) is 11.2 Å². The number of benzene rings is 1. The summed E-state index contributed by atoms with van der Waals surface area (Å²) < 4.78 is 7.49. The number of hydrogen-bond donors (Lipinski definition) is 1. The molecular weight excluding hydrogens is 414 g/mol. The van der Waals surface area contributed by atoms with Gasteiger partial charge in [0.1, 0.15) is 11.6 Å². The molecule has 1 unspecified atom stereocenters. The zero-order chi connectivity index (χ0) is 22.0. The molecule has 162 valence electrons. The third-order valence-electron chi connectivity index (χ3n) is 5.11. The summed E-state index contributed by atoms with van der Waals surface area (Å²) >= 11 is 1.34. The van der Waals surface area contributed by atoms with E-state index in [2.05, 4.69) is 29.4 Å². The molecule has 1 N–H and O–H groups in total. The Morgan fingerprint density at radius 3 is 2.81 bits per heavy atom. The highest BCUT2D eigenvalue weighted by Gasteiger charge is 2.30. The zero-order valence-corrected chi connectivity index (χ0v) is 18.6. The smallest absolute Gasteiger partial charge is 0.237 e. The number of carbonyl (C=O) groups is 2. The molecular formula is C22H25N5O3S. The molecule has 8 nitrogen and oxygen atoms in total. The predicted molar refractivity (Wildman–Crippen MR) is 119 cm³/mol. The van der Waals surface area contributed by atoms with Crippen LogP contribution >= 0.6 is 11.8 Å². The Labute approximate surface area is 185 Å². The third-order valence-corrected chi connectivity index (χ3v) is 6.06.